The third-order valence-corrected chi connectivity index (χ3v) is 7.48. The van der Waals surface area contributed by atoms with Gasteiger partial charge in [0.05, 0.1) is 12.8 Å². The van der Waals surface area contributed by atoms with E-state index < -0.39 is 0 Å². The molecule has 194 valence electrons. The first-order valence-corrected chi connectivity index (χ1v) is 13.0. The van der Waals surface area contributed by atoms with E-state index in [0.29, 0.717) is 24.6 Å². The summed E-state index contributed by atoms with van der Waals surface area (Å²) in [5, 5.41) is 4.40. The van der Waals surface area contributed by atoms with Crippen LogP contribution < -0.4 is 10.5 Å². The molecule has 0 spiro atoms. The minimum Gasteiger partial charge on any atom is -0.497 e. The number of carbonyl (C=O) groups is 1. The van der Waals surface area contributed by atoms with E-state index in [2.05, 4.69) is 45.3 Å². The number of ether oxygens (including phenoxy) is 1. The molecule has 1 aliphatic heterocycles. The Morgan fingerprint density at radius 3 is 2.61 bits per heavy atom. The molecule has 0 atom stereocenters. The van der Waals surface area contributed by atoms with E-state index in [1.165, 1.54) is 15.8 Å². The van der Waals surface area contributed by atoms with Crippen LogP contribution in [0.5, 0.6) is 5.75 Å². The first-order chi connectivity index (χ1) is 18.6. The van der Waals surface area contributed by atoms with Crippen LogP contribution in [0, 0.1) is 0 Å². The fourth-order valence-corrected chi connectivity index (χ4v) is 5.26. The molecule has 9 heteroatoms. The zero-order chi connectivity index (χ0) is 26.1. The number of rotatable bonds is 6. The number of aromatic nitrogens is 4. The number of aryl methyl sites for hydroxylation is 2. The highest BCUT2D eigenvalue weighted by molar-refractivity contribution is 5.98. The predicted octanol–water partition coefficient (Wildman–Crippen LogP) is 3.02. The molecular formula is C29H31N7O2. The van der Waals surface area contributed by atoms with E-state index in [1.54, 1.807) is 13.3 Å². The SMILES string of the molecule is COc1ccc2c(c1)CCc1cnc(-n3cc(C(=O)N4CCN(CCc5ccccc5)CC4)c(N)n3)nc1-2. The van der Waals surface area contributed by atoms with Crippen LogP contribution in [0.4, 0.5) is 5.82 Å². The maximum atomic E-state index is 13.3. The Kier molecular flexibility index (Phi) is 6.51. The molecule has 1 amide bonds. The Bertz CT molecular complexity index is 1460. The maximum absolute atomic E-state index is 13.3. The number of piperazine rings is 1. The first kappa shape index (κ1) is 24.1. The van der Waals surface area contributed by atoms with Gasteiger partial charge in [-0.25, -0.2) is 14.6 Å². The average Bonchev–Trinajstić information content (AvgIpc) is 3.37. The van der Waals surface area contributed by atoms with E-state index in [4.69, 9.17) is 15.5 Å². The van der Waals surface area contributed by atoms with Crippen LogP contribution in [0.2, 0.25) is 0 Å². The Hall–Kier alpha value is -4.24. The van der Waals surface area contributed by atoms with Gasteiger partial charge in [0.1, 0.15) is 11.3 Å². The number of hydrogen-bond acceptors (Lipinski definition) is 7. The Labute approximate surface area is 221 Å². The average molecular weight is 510 g/mol. The topological polar surface area (TPSA) is 102 Å². The predicted molar refractivity (Wildman–Crippen MR) is 145 cm³/mol. The number of benzene rings is 2. The van der Waals surface area contributed by atoms with Crippen molar-refractivity contribution in [3.05, 3.63) is 83.2 Å². The second kappa shape index (κ2) is 10.3. The summed E-state index contributed by atoms with van der Waals surface area (Å²) in [6.07, 6.45) is 6.28. The fraction of sp³-hybridized carbons (Fsp3) is 0.310. The Morgan fingerprint density at radius 1 is 1.03 bits per heavy atom. The molecule has 3 heterocycles. The van der Waals surface area contributed by atoms with E-state index >= 15 is 0 Å². The molecule has 9 nitrogen and oxygen atoms in total. The van der Waals surface area contributed by atoms with E-state index in [0.717, 1.165) is 61.5 Å². The number of methoxy groups -OCH3 is 1. The molecule has 1 saturated heterocycles. The van der Waals surface area contributed by atoms with E-state index in [1.807, 2.05) is 29.3 Å². The molecule has 1 fully saturated rings. The fourth-order valence-electron chi connectivity index (χ4n) is 5.26. The van der Waals surface area contributed by atoms with E-state index in [-0.39, 0.29) is 11.7 Å². The van der Waals surface area contributed by atoms with Gasteiger partial charge < -0.3 is 15.4 Å². The Morgan fingerprint density at radius 2 is 1.82 bits per heavy atom. The van der Waals surface area contributed by atoms with Gasteiger partial charge in [0, 0.05) is 50.7 Å². The minimum absolute atomic E-state index is 0.105. The number of nitrogens with two attached hydrogens (primary N) is 1. The van der Waals surface area contributed by atoms with Gasteiger partial charge in [0.2, 0.25) is 0 Å². The van der Waals surface area contributed by atoms with Crippen LogP contribution in [-0.2, 0) is 19.3 Å². The van der Waals surface area contributed by atoms with Crippen molar-refractivity contribution in [2.24, 2.45) is 0 Å². The first-order valence-electron chi connectivity index (χ1n) is 13.0. The molecular weight excluding hydrogens is 478 g/mol. The van der Waals surface area contributed by atoms with Crippen molar-refractivity contribution in [1.29, 1.82) is 0 Å². The summed E-state index contributed by atoms with van der Waals surface area (Å²) in [6, 6.07) is 16.5. The molecule has 2 N–H and O–H groups in total. The molecule has 0 bridgehead atoms. The Balaban J connectivity index is 1.15. The minimum atomic E-state index is -0.105. The van der Waals surface area contributed by atoms with Gasteiger partial charge in [-0.2, -0.15) is 0 Å². The van der Waals surface area contributed by atoms with E-state index in [9.17, 15) is 4.79 Å². The summed E-state index contributed by atoms with van der Waals surface area (Å²) < 4.78 is 6.90. The third-order valence-electron chi connectivity index (χ3n) is 7.48. The number of amides is 1. The van der Waals surface area contributed by atoms with Crippen molar-refractivity contribution >= 4 is 11.7 Å². The van der Waals surface area contributed by atoms with Gasteiger partial charge in [-0.15, -0.1) is 5.10 Å². The van der Waals surface area contributed by atoms with Crippen LogP contribution in [0.15, 0.2) is 60.9 Å². The summed E-state index contributed by atoms with van der Waals surface area (Å²) >= 11 is 0. The maximum Gasteiger partial charge on any atom is 0.259 e. The summed E-state index contributed by atoms with van der Waals surface area (Å²) in [6.45, 7) is 3.98. The molecule has 2 aromatic carbocycles. The van der Waals surface area contributed by atoms with Crippen molar-refractivity contribution < 1.29 is 9.53 Å². The lowest BCUT2D eigenvalue weighted by molar-refractivity contribution is 0.0639. The van der Waals surface area contributed by atoms with Crippen molar-refractivity contribution in [2.45, 2.75) is 19.3 Å². The van der Waals surface area contributed by atoms with Crippen molar-refractivity contribution in [1.82, 2.24) is 29.5 Å². The lowest BCUT2D eigenvalue weighted by Crippen LogP contribution is -2.49. The monoisotopic (exact) mass is 509 g/mol. The highest BCUT2D eigenvalue weighted by Gasteiger charge is 2.26. The molecule has 2 aromatic heterocycles. The third kappa shape index (κ3) is 4.72. The molecule has 6 rings (SSSR count). The summed E-state index contributed by atoms with van der Waals surface area (Å²) in [7, 11) is 1.67. The molecule has 4 aromatic rings. The largest absolute Gasteiger partial charge is 0.497 e. The molecule has 0 radical (unpaired) electrons. The van der Waals surface area contributed by atoms with Gasteiger partial charge in [-0.05, 0) is 54.2 Å². The van der Waals surface area contributed by atoms with Crippen LogP contribution >= 0.6 is 0 Å². The van der Waals surface area contributed by atoms with Crippen molar-refractivity contribution in [3.63, 3.8) is 0 Å². The molecule has 38 heavy (non-hydrogen) atoms. The lowest BCUT2D eigenvalue weighted by Gasteiger charge is -2.34. The van der Waals surface area contributed by atoms with Crippen molar-refractivity contribution in [3.8, 4) is 23.0 Å². The molecule has 1 aliphatic carbocycles. The summed E-state index contributed by atoms with van der Waals surface area (Å²) in [5.74, 6) is 1.31. The quantitative estimate of drug-likeness (QED) is 0.426. The van der Waals surface area contributed by atoms with Crippen LogP contribution in [0.3, 0.4) is 0 Å². The molecule has 2 aliphatic rings. The molecule has 0 unspecified atom stereocenters. The number of anilines is 1. The van der Waals surface area contributed by atoms with Crippen LogP contribution in [0.1, 0.15) is 27.0 Å². The lowest BCUT2D eigenvalue weighted by atomic mass is 9.90. The zero-order valence-corrected chi connectivity index (χ0v) is 21.5. The number of hydrogen-bond donors (Lipinski definition) is 1. The second-order valence-electron chi connectivity index (χ2n) is 9.81. The summed E-state index contributed by atoms with van der Waals surface area (Å²) in [4.78, 5) is 26.9. The highest BCUT2D eigenvalue weighted by atomic mass is 16.5. The summed E-state index contributed by atoms with van der Waals surface area (Å²) in [5.41, 5.74) is 12.2. The normalized spacial score (nSPS) is 15.1. The van der Waals surface area contributed by atoms with Crippen LogP contribution in [-0.4, -0.2) is 75.3 Å². The van der Waals surface area contributed by atoms with Crippen molar-refractivity contribution in [2.75, 3.05) is 45.6 Å². The number of carbonyl (C=O) groups excluding carboxylic acids is 1. The van der Waals surface area contributed by atoms with Gasteiger partial charge >= 0.3 is 0 Å². The standard InChI is InChI=1S/C29H31N7O2/c1-38-23-9-10-24-21(17-23)7-8-22-18-31-29(32-26(22)24)36-19-25(27(30)33-36)28(37)35-15-13-34(14-16-35)12-11-20-5-3-2-4-6-20/h2-6,9-10,17-19H,7-8,11-16H2,1H3,(H2,30,33). The van der Waals surface area contributed by atoms with Gasteiger partial charge in [0.15, 0.2) is 5.82 Å². The smallest absolute Gasteiger partial charge is 0.259 e. The van der Waals surface area contributed by atoms with Gasteiger partial charge in [-0.3, -0.25) is 9.69 Å². The van der Waals surface area contributed by atoms with Gasteiger partial charge in [-0.1, -0.05) is 30.3 Å². The number of fused-ring (bicyclic) bond motifs is 3. The van der Waals surface area contributed by atoms with Gasteiger partial charge in [0.25, 0.3) is 11.9 Å². The van der Waals surface area contributed by atoms with Crippen LogP contribution in [0.25, 0.3) is 17.2 Å². The zero-order valence-electron chi connectivity index (χ0n) is 21.5. The molecule has 0 saturated carbocycles. The number of nitrogens with zero attached hydrogens (tertiary/aromatic N) is 6. The highest BCUT2D eigenvalue weighted by Crippen LogP contribution is 2.34. The second-order valence-corrected chi connectivity index (χ2v) is 9.81. The number of nitrogen functional groups attached to an aromatic ring is 1.